The molecule has 0 aliphatic carbocycles. The van der Waals surface area contributed by atoms with Gasteiger partial charge in [-0.15, -0.1) is 0 Å². The van der Waals surface area contributed by atoms with Gasteiger partial charge in [0.05, 0.1) is 0 Å². The average molecular weight is 554 g/mol. The quantitative estimate of drug-likeness (QED) is 0.414. The second-order valence-corrected chi connectivity index (χ2v) is 16.0. The maximum absolute atomic E-state index is 9.44. The maximum Gasteiger partial charge on any atom is 0.485 e. The van der Waals surface area contributed by atoms with E-state index in [1.807, 2.05) is 13.1 Å². The van der Waals surface area contributed by atoms with Crippen LogP contribution in [0.25, 0.3) is 0 Å². The van der Waals surface area contributed by atoms with Gasteiger partial charge >= 0.3 is 17.4 Å². The molecule has 0 bridgehead atoms. The first-order valence-corrected chi connectivity index (χ1v) is 20.4. The Balaban J connectivity index is -0.000000271. The molecule has 5 nitrogen and oxygen atoms in total. The predicted molar refractivity (Wildman–Crippen MR) is 105 cm³/mol. The second-order valence-electron chi connectivity index (χ2n) is 5.12. The topological polar surface area (TPSA) is 57.2 Å². The molecule has 0 aliphatic heterocycles. The molecule has 0 rings (SSSR count). The minimum Gasteiger partial charge on any atom is -0.421 e. The fraction of sp³-hybridized carbons (Fsp3) is 1.00. The van der Waals surface area contributed by atoms with E-state index in [2.05, 4.69) is 56.9 Å². The van der Waals surface area contributed by atoms with Crippen molar-refractivity contribution in [1.29, 1.82) is 0 Å². The number of hydrogen-bond donors (Lipinski definition) is 1. The molecular formula is C9H28I2O5Si3. The minimum absolute atomic E-state index is 1.13. The molecular weight excluding hydrogens is 526 g/mol. The summed E-state index contributed by atoms with van der Waals surface area (Å²) in [5.74, 6) is 0. The van der Waals surface area contributed by atoms with E-state index in [0.717, 1.165) is 0 Å². The molecule has 0 spiro atoms. The Bertz CT molecular complexity index is 199. The van der Waals surface area contributed by atoms with Gasteiger partial charge in [0.2, 0.25) is 0 Å². The van der Waals surface area contributed by atoms with Crippen molar-refractivity contribution in [2.24, 2.45) is 0 Å². The summed E-state index contributed by atoms with van der Waals surface area (Å²) in [4.78, 5) is 9.44. The van der Waals surface area contributed by atoms with Crippen molar-refractivity contribution in [3.05, 3.63) is 0 Å². The van der Waals surface area contributed by atoms with Gasteiger partial charge in [0, 0.05) is 65.1 Å². The molecule has 0 fully saturated rings. The third-order valence-electron chi connectivity index (χ3n) is 1.92. The lowest BCUT2D eigenvalue weighted by atomic mass is 11.8. The summed E-state index contributed by atoms with van der Waals surface area (Å²) in [6, 6.07) is 0. The third-order valence-corrected chi connectivity index (χ3v) is 8.36. The lowest BCUT2D eigenvalue weighted by Gasteiger charge is -2.27. The van der Waals surface area contributed by atoms with Gasteiger partial charge in [-0.25, -0.2) is 0 Å². The van der Waals surface area contributed by atoms with Crippen LogP contribution in [0, 0.1) is 0 Å². The van der Waals surface area contributed by atoms with Crippen molar-refractivity contribution in [3.8, 4) is 0 Å². The SMILES string of the molecule is CO[Si](C)(C)C.CO[Si](C)(C)O[Si](C)(O)OC.II. The van der Waals surface area contributed by atoms with Crippen LogP contribution >= 0.6 is 37.2 Å². The largest absolute Gasteiger partial charge is 0.485 e. The van der Waals surface area contributed by atoms with Crippen LogP contribution in [-0.2, 0) is 17.4 Å². The number of rotatable bonds is 5. The molecule has 120 valence electrons. The Kier molecular flexibility index (Phi) is 16.9. The zero-order valence-electron chi connectivity index (χ0n) is 13.3. The van der Waals surface area contributed by atoms with E-state index in [1.165, 1.54) is 7.11 Å². The zero-order chi connectivity index (χ0) is 16.3. The van der Waals surface area contributed by atoms with Crippen LogP contribution in [0.15, 0.2) is 0 Å². The van der Waals surface area contributed by atoms with E-state index >= 15 is 0 Å². The molecule has 0 saturated carbocycles. The van der Waals surface area contributed by atoms with Gasteiger partial charge in [-0.1, -0.05) is 0 Å². The molecule has 0 aromatic heterocycles. The van der Waals surface area contributed by atoms with Crippen LogP contribution in [0.2, 0.25) is 39.3 Å². The Morgan fingerprint density at radius 1 is 0.737 bits per heavy atom. The van der Waals surface area contributed by atoms with Crippen LogP contribution in [-0.4, -0.2) is 51.8 Å². The molecule has 0 aromatic carbocycles. The summed E-state index contributed by atoms with van der Waals surface area (Å²) in [6.45, 7) is 11.8. The van der Waals surface area contributed by atoms with Crippen molar-refractivity contribution in [2.75, 3.05) is 21.3 Å². The first-order chi connectivity index (χ1) is 8.39. The summed E-state index contributed by atoms with van der Waals surface area (Å²) >= 11 is 4.24. The van der Waals surface area contributed by atoms with Gasteiger partial charge in [0.1, 0.15) is 0 Å². The van der Waals surface area contributed by atoms with Crippen LogP contribution < -0.4 is 0 Å². The molecule has 1 atom stereocenters. The molecule has 0 aromatic rings. The van der Waals surface area contributed by atoms with E-state index in [1.54, 1.807) is 20.8 Å². The predicted octanol–water partition coefficient (Wildman–Crippen LogP) is 3.80. The molecule has 0 amide bonds. The van der Waals surface area contributed by atoms with Gasteiger partial charge in [-0.05, 0) is 32.7 Å². The number of hydrogen-bond acceptors (Lipinski definition) is 5. The monoisotopic (exact) mass is 554 g/mol. The average Bonchev–Trinajstić information content (AvgIpc) is 2.30. The molecule has 19 heavy (non-hydrogen) atoms. The molecule has 0 saturated heterocycles. The molecule has 0 radical (unpaired) electrons. The van der Waals surface area contributed by atoms with Crippen LogP contribution in [0.1, 0.15) is 0 Å². The zero-order valence-corrected chi connectivity index (χ0v) is 20.7. The number of halogens is 2. The third kappa shape index (κ3) is 22.3. The summed E-state index contributed by atoms with van der Waals surface area (Å²) in [5, 5.41) is 0. The highest BCUT2D eigenvalue weighted by Crippen LogP contribution is 2.12. The lowest BCUT2D eigenvalue weighted by Crippen LogP contribution is -2.49. The molecule has 0 aliphatic rings. The van der Waals surface area contributed by atoms with E-state index in [-0.39, 0.29) is 0 Å². The summed E-state index contributed by atoms with van der Waals surface area (Å²) in [6.07, 6.45) is 0. The fourth-order valence-electron chi connectivity index (χ4n) is 0.539. The van der Waals surface area contributed by atoms with E-state index in [4.69, 9.17) is 17.4 Å². The summed E-state index contributed by atoms with van der Waals surface area (Å²) in [7, 11) is -1.39. The summed E-state index contributed by atoms with van der Waals surface area (Å²) in [5.41, 5.74) is 0. The molecule has 1 N–H and O–H groups in total. The fourth-order valence-corrected chi connectivity index (χ4v) is 4.85. The van der Waals surface area contributed by atoms with Crippen molar-refractivity contribution in [2.45, 2.75) is 39.3 Å². The molecule has 10 heteroatoms. The normalized spacial score (nSPS) is 14.5. The Morgan fingerprint density at radius 3 is 1.21 bits per heavy atom. The van der Waals surface area contributed by atoms with Gasteiger partial charge in [-0.2, -0.15) is 0 Å². The van der Waals surface area contributed by atoms with Gasteiger partial charge in [0.25, 0.3) is 0 Å². The maximum atomic E-state index is 9.44. The first kappa shape index (κ1) is 25.8. The minimum atomic E-state index is -2.90. The first-order valence-electron chi connectivity index (χ1n) is 5.61. The standard InChI is InChI=1S/C5H16O4Si2.C4H12OSi.I2/c1-7-10(3,4)9-11(5,6)8-2;1-5-6(2,3)4;1-2/h6H,1-5H3;1-4H3;. The van der Waals surface area contributed by atoms with Gasteiger partial charge in [0.15, 0.2) is 8.32 Å². The Morgan fingerprint density at radius 2 is 1.05 bits per heavy atom. The van der Waals surface area contributed by atoms with Crippen molar-refractivity contribution in [3.63, 3.8) is 0 Å². The van der Waals surface area contributed by atoms with Crippen molar-refractivity contribution < 1.29 is 22.2 Å². The molecule has 0 heterocycles. The lowest BCUT2D eigenvalue weighted by molar-refractivity contribution is 0.173. The van der Waals surface area contributed by atoms with Crippen LogP contribution in [0.3, 0.4) is 0 Å². The highest BCUT2D eigenvalue weighted by atomic mass is 128. The van der Waals surface area contributed by atoms with E-state index in [9.17, 15) is 4.80 Å². The van der Waals surface area contributed by atoms with Gasteiger partial charge in [-0.3, -0.25) is 0 Å². The smallest absolute Gasteiger partial charge is 0.421 e. The highest BCUT2D eigenvalue weighted by Gasteiger charge is 2.38. The molecule has 1 unspecified atom stereocenters. The van der Waals surface area contributed by atoms with Crippen LogP contribution in [0.4, 0.5) is 0 Å². The Labute approximate surface area is 144 Å². The second kappa shape index (κ2) is 12.5. The Hall–Kier alpha value is 1.91. The van der Waals surface area contributed by atoms with Crippen molar-refractivity contribution in [1.82, 2.24) is 0 Å². The summed E-state index contributed by atoms with van der Waals surface area (Å²) < 4.78 is 20.3. The van der Waals surface area contributed by atoms with E-state index in [0.29, 0.717) is 0 Å². The van der Waals surface area contributed by atoms with Gasteiger partial charge < -0.3 is 22.2 Å². The van der Waals surface area contributed by atoms with Crippen LogP contribution in [0.5, 0.6) is 0 Å². The van der Waals surface area contributed by atoms with Crippen molar-refractivity contribution >= 4 is 62.9 Å². The highest BCUT2D eigenvalue weighted by molar-refractivity contribution is 15.0. The van der Waals surface area contributed by atoms with E-state index < -0.39 is 25.7 Å².